The summed E-state index contributed by atoms with van der Waals surface area (Å²) in [5.41, 5.74) is 0.363. The molecule has 104 valence electrons. The second kappa shape index (κ2) is 7.57. The molecule has 0 spiro atoms. The summed E-state index contributed by atoms with van der Waals surface area (Å²) in [5.74, 6) is 0.811. The van der Waals surface area contributed by atoms with E-state index < -0.39 is 0 Å². The summed E-state index contributed by atoms with van der Waals surface area (Å²) in [4.78, 5) is 11.7. The summed E-state index contributed by atoms with van der Waals surface area (Å²) in [5, 5.41) is 6.13. The first-order valence-electron chi connectivity index (χ1n) is 7.16. The molecule has 1 fully saturated rings. The Morgan fingerprint density at radius 1 is 1.39 bits per heavy atom. The molecule has 1 aliphatic rings. The van der Waals surface area contributed by atoms with E-state index in [1.165, 1.54) is 32.1 Å². The minimum Gasteiger partial charge on any atom is -0.354 e. The number of carbonyl (C=O) groups is 1. The highest BCUT2D eigenvalue weighted by atomic mass is 16.1. The van der Waals surface area contributed by atoms with Crippen molar-refractivity contribution in [2.75, 3.05) is 19.6 Å². The fourth-order valence-electron chi connectivity index (χ4n) is 3.08. The van der Waals surface area contributed by atoms with Gasteiger partial charge in [-0.25, -0.2) is 0 Å². The third-order valence-electron chi connectivity index (χ3n) is 3.74. The summed E-state index contributed by atoms with van der Waals surface area (Å²) in [6, 6.07) is 0. The molecule has 1 saturated carbocycles. The van der Waals surface area contributed by atoms with E-state index in [0.717, 1.165) is 6.54 Å². The Labute approximate surface area is 111 Å². The van der Waals surface area contributed by atoms with Crippen molar-refractivity contribution < 1.29 is 4.79 Å². The molecule has 0 aromatic carbocycles. The number of rotatable bonds is 8. The van der Waals surface area contributed by atoms with Crippen LogP contribution in [0.5, 0.6) is 0 Å². The Morgan fingerprint density at radius 2 is 2.06 bits per heavy atom. The molecule has 0 unspecified atom stereocenters. The predicted octanol–water partition coefficient (Wildman–Crippen LogP) is 2.48. The van der Waals surface area contributed by atoms with E-state index >= 15 is 0 Å². The fourth-order valence-corrected chi connectivity index (χ4v) is 3.08. The van der Waals surface area contributed by atoms with Gasteiger partial charge in [-0.3, -0.25) is 4.79 Å². The van der Waals surface area contributed by atoms with Crippen LogP contribution < -0.4 is 10.6 Å². The molecule has 0 saturated heterocycles. The van der Waals surface area contributed by atoms with Gasteiger partial charge in [-0.1, -0.05) is 32.8 Å². The molecule has 0 aliphatic heterocycles. The van der Waals surface area contributed by atoms with Crippen LogP contribution in [-0.2, 0) is 4.79 Å². The van der Waals surface area contributed by atoms with Gasteiger partial charge in [0.1, 0.15) is 0 Å². The van der Waals surface area contributed by atoms with Crippen molar-refractivity contribution in [2.24, 2.45) is 11.3 Å². The van der Waals surface area contributed by atoms with E-state index in [-0.39, 0.29) is 5.91 Å². The molecule has 0 atom stereocenters. The molecular weight excluding hydrogens is 224 g/mol. The normalized spacial score (nSPS) is 17.9. The Kier molecular flexibility index (Phi) is 6.41. The molecule has 1 rings (SSSR count). The first kappa shape index (κ1) is 15.2. The van der Waals surface area contributed by atoms with Crippen molar-refractivity contribution >= 4 is 5.91 Å². The van der Waals surface area contributed by atoms with E-state index in [2.05, 4.69) is 31.1 Å². The molecule has 1 amide bonds. The van der Waals surface area contributed by atoms with Crippen molar-refractivity contribution in [1.29, 1.82) is 0 Å². The van der Waals surface area contributed by atoms with Crippen LogP contribution in [0, 0.1) is 11.3 Å². The van der Waals surface area contributed by atoms with Gasteiger partial charge in [-0.15, -0.1) is 6.58 Å². The molecule has 2 N–H and O–H groups in total. The Hall–Kier alpha value is -0.830. The zero-order chi connectivity index (χ0) is 13.4. The van der Waals surface area contributed by atoms with Crippen LogP contribution in [0.25, 0.3) is 0 Å². The molecular formula is C15H28N2O. The lowest BCUT2D eigenvalue weighted by atomic mass is 9.78. The lowest BCUT2D eigenvalue weighted by molar-refractivity contribution is -0.120. The van der Waals surface area contributed by atoms with Crippen LogP contribution in [0.15, 0.2) is 12.7 Å². The molecule has 0 heterocycles. The highest BCUT2D eigenvalue weighted by Crippen LogP contribution is 2.42. The average molecular weight is 252 g/mol. The maximum absolute atomic E-state index is 11.7. The highest BCUT2D eigenvalue weighted by molar-refractivity contribution is 5.78. The van der Waals surface area contributed by atoms with Crippen LogP contribution in [-0.4, -0.2) is 25.5 Å². The maximum Gasteiger partial charge on any atom is 0.233 e. The molecule has 0 aromatic heterocycles. The van der Waals surface area contributed by atoms with Crippen LogP contribution in [0.1, 0.15) is 46.0 Å². The van der Waals surface area contributed by atoms with Gasteiger partial charge in [0.2, 0.25) is 5.91 Å². The van der Waals surface area contributed by atoms with Crippen LogP contribution >= 0.6 is 0 Å². The molecule has 0 radical (unpaired) electrons. The third-order valence-corrected chi connectivity index (χ3v) is 3.74. The standard InChI is InChI=1S/C15H28N2O/c1-4-9-16-11-14(18)17-12-15(10-13(2)3)7-5-6-8-15/h4,13,16H,1,5-12H2,2-3H3,(H,17,18). The van der Waals surface area contributed by atoms with E-state index in [1.807, 2.05) is 0 Å². The van der Waals surface area contributed by atoms with Crippen LogP contribution in [0.3, 0.4) is 0 Å². The van der Waals surface area contributed by atoms with Crippen molar-refractivity contribution in [3.8, 4) is 0 Å². The van der Waals surface area contributed by atoms with Crippen LogP contribution in [0.2, 0.25) is 0 Å². The quantitative estimate of drug-likeness (QED) is 0.515. The largest absolute Gasteiger partial charge is 0.354 e. The lowest BCUT2D eigenvalue weighted by Gasteiger charge is -2.31. The Balaban J connectivity index is 2.33. The zero-order valence-electron chi connectivity index (χ0n) is 11.9. The molecule has 1 aliphatic carbocycles. The fraction of sp³-hybridized carbons (Fsp3) is 0.800. The summed E-state index contributed by atoms with van der Waals surface area (Å²) in [6.07, 6.45) is 8.17. The van der Waals surface area contributed by atoms with E-state index in [0.29, 0.717) is 24.4 Å². The van der Waals surface area contributed by atoms with Crippen molar-refractivity contribution in [1.82, 2.24) is 10.6 Å². The second-order valence-electron chi connectivity index (χ2n) is 6.00. The van der Waals surface area contributed by atoms with Crippen LogP contribution in [0.4, 0.5) is 0 Å². The molecule has 0 bridgehead atoms. The van der Waals surface area contributed by atoms with Crippen molar-refractivity contribution in [2.45, 2.75) is 46.0 Å². The van der Waals surface area contributed by atoms with Gasteiger partial charge in [-0.05, 0) is 30.6 Å². The first-order valence-corrected chi connectivity index (χ1v) is 7.16. The van der Waals surface area contributed by atoms with Crippen molar-refractivity contribution in [3.05, 3.63) is 12.7 Å². The summed E-state index contributed by atoms with van der Waals surface area (Å²) in [7, 11) is 0. The van der Waals surface area contributed by atoms with Crippen molar-refractivity contribution in [3.63, 3.8) is 0 Å². The molecule has 0 aromatic rings. The highest BCUT2D eigenvalue weighted by Gasteiger charge is 2.34. The number of hydrogen-bond donors (Lipinski definition) is 2. The topological polar surface area (TPSA) is 41.1 Å². The number of nitrogens with one attached hydrogen (secondary N) is 2. The van der Waals surface area contributed by atoms with Gasteiger partial charge >= 0.3 is 0 Å². The summed E-state index contributed by atoms with van der Waals surface area (Å²) in [6.45, 7) is 10.1. The molecule has 18 heavy (non-hydrogen) atoms. The van der Waals surface area contributed by atoms with Gasteiger partial charge in [-0.2, -0.15) is 0 Å². The number of amides is 1. The minimum absolute atomic E-state index is 0.104. The number of hydrogen-bond acceptors (Lipinski definition) is 2. The van der Waals surface area contributed by atoms with Gasteiger partial charge in [0.15, 0.2) is 0 Å². The molecule has 3 nitrogen and oxygen atoms in total. The second-order valence-corrected chi connectivity index (χ2v) is 6.00. The summed E-state index contributed by atoms with van der Waals surface area (Å²) < 4.78 is 0. The van der Waals surface area contributed by atoms with E-state index in [4.69, 9.17) is 0 Å². The maximum atomic E-state index is 11.7. The minimum atomic E-state index is 0.104. The molecule has 3 heteroatoms. The Morgan fingerprint density at radius 3 is 2.61 bits per heavy atom. The average Bonchev–Trinajstić information content (AvgIpc) is 2.75. The SMILES string of the molecule is C=CCNCC(=O)NCC1(CC(C)C)CCCC1. The van der Waals surface area contributed by atoms with E-state index in [1.54, 1.807) is 6.08 Å². The van der Waals surface area contributed by atoms with Gasteiger partial charge < -0.3 is 10.6 Å². The predicted molar refractivity (Wildman–Crippen MR) is 76.4 cm³/mol. The van der Waals surface area contributed by atoms with Gasteiger partial charge in [0, 0.05) is 13.1 Å². The Bertz CT molecular complexity index is 268. The zero-order valence-corrected chi connectivity index (χ0v) is 11.9. The van der Waals surface area contributed by atoms with Gasteiger partial charge in [0.25, 0.3) is 0 Å². The smallest absolute Gasteiger partial charge is 0.233 e. The van der Waals surface area contributed by atoms with E-state index in [9.17, 15) is 4.79 Å². The first-order chi connectivity index (χ1) is 8.58. The lowest BCUT2D eigenvalue weighted by Crippen LogP contribution is -2.41. The number of carbonyl (C=O) groups excluding carboxylic acids is 1. The monoisotopic (exact) mass is 252 g/mol. The third kappa shape index (κ3) is 5.21. The van der Waals surface area contributed by atoms with Gasteiger partial charge in [0.05, 0.1) is 6.54 Å². The summed E-state index contributed by atoms with van der Waals surface area (Å²) >= 11 is 0.